The maximum atomic E-state index is 13.6. The van der Waals surface area contributed by atoms with Gasteiger partial charge < -0.3 is 20.3 Å². The van der Waals surface area contributed by atoms with Crippen molar-refractivity contribution in [3.05, 3.63) is 35.4 Å². The van der Waals surface area contributed by atoms with Gasteiger partial charge in [0.15, 0.2) is 0 Å². The van der Waals surface area contributed by atoms with Crippen molar-refractivity contribution in [2.75, 3.05) is 6.54 Å². The molecule has 0 heterocycles. The van der Waals surface area contributed by atoms with Crippen LogP contribution in [0.1, 0.15) is 85.9 Å². The van der Waals surface area contributed by atoms with Crippen LogP contribution < -0.4 is 10.6 Å². The fourth-order valence-corrected chi connectivity index (χ4v) is 3.25. The molecule has 7 nitrogen and oxygen atoms in total. The van der Waals surface area contributed by atoms with Crippen molar-refractivity contribution in [1.82, 2.24) is 15.5 Å². The Labute approximate surface area is 198 Å². The van der Waals surface area contributed by atoms with Gasteiger partial charge in [-0.25, -0.2) is 4.79 Å². The number of carbonyl (C=O) groups is 3. The molecule has 0 radical (unpaired) electrons. The van der Waals surface area contributed by atoms with Gasteiger partial charge in [0.25, 0.3) is 0 Å². The number of terminal acetylenes is 1. The van der Waals surface area contributed by atoms with E-state index in [9.17, 15) is 14.4 Å². The molecule has 7 heteroatoms. The number of rotatable bonds is 7. The lowest BCUT2D eigenvalue weighted by Gasteiger charge is -2.44. The van der Waals surface area contributed by atoms with Gasteiger partial charge >= 0.3 is 6.09 Å². The first-order valence-electron chi connectivity index (χ1n) is 11.2. The minimum atomic E-state index is -0.987. The molecule has 0 aromatic heterocycles. The third-order valence-electron chi connectivity index (χ3n) is 4.98. The molecule has 1 unspecified atom stereocenters. The molecule has 1 atom stereocenters. The molecule has 3 amide bonds. The summed E-state index contributed by atoms with van der Waals surface area (Å²) in [5, 5.41) is 5.50. The number of ether oxygens (including phenoxy) is 1. The zero-order chi connectivity index (χ0) is 25.6. The van der Waals surface area contributed by atoms with Crippen LogP contribution in [0.15, 0.2) is 24.3 Å². The largest absolute Gasteiger partial charge is 0.444 e. The van der Waals surface area contributed by atoms with Gasteiger partial charge in [-0.05, 0) is 73.4 Å². The summed E-state index contributed by atoms with van der Waals surface area (Å²) in [7, 11) is 0. The summed E-state index contributed by atoms with van der Waals surface area (Å²) in [5.74, 6) is 1.85. The number of alkyl carbamates (subject to hydrolysis) is 1. The van der Waals surface area contributed by atoms with E-state index in [4.69, 9.17) is 11.2 Å². The van der Waals surface area contributed by atoms with Crippen LogP contribution in [0.3, 0.4) is 0 Å². The predicted molar refractivity (Wildman–Crippen MR) is 130 cm³/mol. The van der Waals surface area contributed by atoms with Crippen molar-refractivity contribution < 1.29 is 19.1 Å². The highest BCUT2D eigenvalue weighted by atomic mass is 16.6. The van der Waals surface area contributed by atoms with Crippen molar-refractivity contribution in [2.45, 2.75) is 91.5 Å². The number of benzene rings is 1. The van der Waals surface area contributed by atoms with E-state index in [1.54, 1.807) is 45.0 Å². The summed E-state index contributed by atoms with van der Waals surface area (Å²) in [5.41, 5.74) is -0.865. The van der Waals surface area contributed by atoms with Crippen LogP contribution in [-0.4, -0.2) is 46.0 Å². The fourth-order valence-electron chi connectivity index (χ4n) is 3.25. The lowest BCUT2D eigenvalue weighted by molar-refractivity contribution is -0.147. The normalized spacial score (nSPS) is 12.8. The highest BCUT2D eigenvalue weighted by Gasteiger charge is 2.41. The lowest BCUT2D eigenvalue weighted by Crippen LogP contribution is -2.57. The van der Waals surface area contributed by atoms with Crippen molar-refractivity contribution in [3.63, 3.8) is 0 Å². The molecule has 0 fully saturated rings. The Morgan fingerprint density at radius 1 is 1.06 bits per heavy atom. The SMILES string of the molecule is C#Cc1ccccc1C(C(=O)NC(C)(C)C)N(C(=O)CNC(=O)OC(C)(C)C)C(C)(C)CC. The molecule has 1 aromatic rings. The molecule has 0 saturated carbocycles. The summed E-state index contributed by atoms with van der Waals surface area (Å²) in [6, 6.07) is 6.09. The van der Waals surface area contributed by atoms with Crippen LogP contribution in [0, 0.1) is 12.3 Å². The Kier molecular flexibility index (Phi) is 9.12. The molecule has 0 aliphatic rings. The van der Waals surface area contributed by atoms with E-state index in [0.29, 0.717) is 17.5 Å². The van der Waals surface area contributed by atoms with Gasteiger partial charge in [0.2, 0.25) is 11.8 Å². The third-order valence-corrected chi connectivity index (χ3v) is 4.98. The summed E-state index contributed by atoms with van der Waals surface area (Å²) in [6.45, 7) is 16.2. The molecule has 182 valence electrons. The van der Waals surface area contributed by atoms with Crippen LogP contribution in [-0.2, 0) is 14.3 Å². The molecule has 0 aliphatic heterocycles. The maximum absolute atomic E-state index is 13.6. The maximum Gasteiger partial charge on any atom is 0.408 e. The van der Waals surface area contributed by atoms with Gasteiger partial charge in [0.1, 0.15) is 18.2 Å². The number of nitrogens with one attached hydrogen (secondary N) is 2. The lowest BCUT2D eigenvalue weighted by atomic mass is 9.90. The Morgan fingerprint density at radius 3 is 2.12 bits per heavy atom. The molecule has 1 rings (SSSR count). The van der Waals surface area contributed by atoms with Crippen LogP contribution in [0.5, 0.6) is 0 Å². The minimum Gasteiger partial charge on any atom is -0.444 e. The van der Waals surface area contributed by atoms with E-state index >= 15 is 0 Å². The van der Waals surface area contributed by atoms with Crippen LogP contribution >= 0.6 is 0 Å². The van der Waals surface area contributed by atoms with E-state index in [-0.39, 0.29) is 12.5 Å². The Morgan fingerprint density at radius 2 is 1.64 bits per heavy atom. The zero-order valence-corrected chi connectivity index (χ0v) is 21.5. The van der Waals surface area contributed by atoms with Gasteiger partial charge in [-0.2, -0.15) is 0 Å². The van der Waals surface area contributed by atoms with Crippen LogP contribution in [0.25, 0.3) is 0 Å². The van der Waals surface area contributed by atoms with Gasteiger partial charge in [0.05, 0.1) is 0 Å². The van der Waals surface area contributed by atoms with Crippen molar-refractivity contribution >= 4 is 17.9 Å². The van der Waals surface area contributed by atoms with E-state index in [1.165, 1.54) is 4.90 Å². The van der Waals surface area contributed by atoms with E-state index in [0.717, 1.165) is 0 Å². The average molecular weight is 458 g/mol. The Balaban J connectivity index is 3.49. The first-order chi connectivity index (χ1) is 15.0. The third kappa shape index (κ3) is 8.45. The standard InChI is InChI=1S/C26H39N3O4/c1-11-18-15-13-14-16-19(18)21(22(31)28-24(3,4)5)29(26(9,10)12-2)20(30)17-27-23(32)33-25(6,7)8/h1,13-16,21H,12,17H2,2-10H3,(H,27,32)(H,28,31). The molecule has 0 spiro atoms. The van der Waals surface area contributed by atoms with Crippen molar-refractivity contribution in [1.29, 1.82) is 0 Å². The number of amides is 3. The summed E-state index contributed by atoms with van der Waals surface area (Å²) in [6.07, 6.45) is 5.60. The van der Waals surface area contributed by atoms with E-state index in [1.807, 2.05) is 41.5 Å². The molecule has 33 heavy (non-hydrogen) atoms. The topological polar surface area (TPSA) is 87.7 Å². The molecule has 0 bridgehead atoms. The molecule has 1 aromatic carbocycles. The first kappa shape index (κ1) is 28.0. The van der Waals surface area contributed by atoms with E-state index < -0.39 is 34.7 Å². The Bertz CT molecular complexity index is 901. The van der Waals surface area contributed by atoms with Gasteiger partial charge in [-0.3, -0.25) is 9.59 Å². The Hall–Kier alpha value is -3.01. The second kappa shape index (κ2) is 10.7. The predicted octanol–water partition coefficient (Wildman–Crippen LogP) is 4.17. The number of carbonyl (C=O) groups excluding carboxylic acids is 3. The van der Waals surface area contributed by atoms with Crippen LogP contribution in [0.2, 0.25) is 0 Å². The minimum absolute atomic E-state index is 0.324. The highest BCUT2D eigenvalue weighted by molar-refractivity contribution is 5.91. The van der Waals surface area contributed by atoms with Crippen molar-refractivity contribution in [2.24, 2.45) is 0 Å². The summed E-state index contributed by atoms with van der Waals surface area (Å²) in [4.78, 5) is 40.8. The van der Waals surface area contributed by atoms with Gasteiger partial charge in [0, 0.05) is 16.6 Å². The van der Waals surface area contributed by atoms with Gasteiger partial charge in [-0.1, -0.05) is 31.0 Å². The second-order valence-electron chi connectivity index (χ2n) is 10.7. The van der Waals surface area contributed by atoms with Crippen molar-refractivity contribution in [3.8, 4) is 12.3 Å². The molecular formula is C26H39N3O4. The average Bonchev–Trinajstić information content (AvgIpc) is 2.67. The molecule has 0 aliphatic carbocycles. The number of nitrogens with zero attached hydrogens (tertiary/aromatic N) is 1. The summed E-state index contributed by atoms with van der Waals surface area (Å²) >= 11 is 0. The quantitative estimate of drug-likeness (QED) is 0.602. The smallest absolute Gasteiger partial charge is 0.408 e. The molecule has 2 N–H and O–H groups in total. The highest BCUT2D eigenvalue weighted by Crippen LogP contribution is 2.33. The zero-order valence-electron chi connectivity index (χ0n) is 21.5. The second-order valence-corrected chi connectivity index (χ2v) is 10.7. The number of hydrogen-bond donors (Lipinski definition) is 2. The molecular weight excluding hydrogens is 418 g/mol. The summed E-state index contributed by atoms with van der Waals surface area (Å²) < 4.78 is 5.25. The monoisotopic (exact) mass is 457 g/mol. The van der Waals surface area contributed by atoms with Gasteiger partial charge in [-0.15, -0.1) is 6.42 Å². The fraction of sp³-hybridized carbons (Fsp3) is 0.577. The number of hydrogen-bond acceptors (Lipinski definition) is 4. The van der Waals surface area contributed by atoms with E-state index in [2.05, 4.69) is 16.6 Å². The van der Waals surface area contributed by atoms with Crippen LogP contribution in [0.4, 0.5) is 4.79 Å². The molecule has 0 saturated heterocycles. The first-order valence-corrected chi connectivity index (χ1v) is 11.2.